The molecule has 0 spiro atoms. The van der Waals surface area contributed by atoms with Crippen molar-refractivity contribution in [3.05, 3.63) is 42.5 Å². The molecule has 0 aromatic heterocycles. The second-order valence-electron chi connectivity index (χ2n) is 7.01. The summed E-state index contributed by atoms with van der Waals surface area (Å²) in [6.45, 7) is 4.58. The highest BCUT2D eigenvalue weighted by Crippen LogP contribution is 2.29. The van der Waals surface area contributed by atoms with Crippen LogP contribution in [0.2, 0.25) is 0 Å². The molecular weight excluding hydrogens is 306 g/mol. The lowest BCUT2D eigenvalue weighted by molar-refractivity contribution is -0.00543. The van der Waals surface area contributed by atoms with E-state index < -0.39 is 23.9 Å². The second kappa shape index (κ2) is 6.69. The van der Waals surface area contributed by atoms with Gasteiger partial charge in [-0.05, 0) is 25.3 Å². The maximum Gasteiger partial charge on any atom is 0.127 e. The minimum Gasteiger partial charge on any atom is -0.490 e. The normalized spacial score (nSPS) is 25.0. The van der Waals surface area contributed by atoms with Crippen molar-refractivity contribution < 1.29 is 20.1 Å². The molecule has 1 unspecified atom stereocenters. The fraction of sp³-hybridized carbons (Fsp3) is 0.474. The Balaban J connectivity index is 1.63. The summed E-state index contributed by atoms with van der Waals surface area (Å²) in [5.41, 5.74) is -0.570. The van der Waals surface area contributed by atoms with Crippen LogP contribution < -0.4 is 4.74 Å². The Kier molecular flexibility index (Phi) is 4.78. The molecule has 130 valence electrons. The Bertz CT molecular complexity index is 697. The molecule has 24 heavy (non-hydrogen) atoms. The van der Waals surface area contributed by atoms with Gasteiger partial charge in [-0.1, -0.05) is 36.4 Å². The lowest BCUT2D eigenvalue weighted by Gasteiger charge is -2.34. The van der Waals surface area contributed by atoms with Crippen LogP contribution in [0.4, 0.5) is 0 Å². The number of fused-ring (bicyclic) bond motifs is 1. The van der Waals surface area contributed by atoms with Gasteiger partial charge in [-0.15, -0.1) is 0 Å². The Labute approximate surface area is 142 Å². The van der Waals surface area contributed by atoms with Crippen molar-refractivity contribution >= 4 is 10.8 Å². The zero-order valence-corrected chi connectivity index (χ0v) is 14.1. The van der Waals surface area contributed by atoms with E-state index in [0.29, 0.717) is 13.1 Å². The molecule has 0 aliphatic carbocycles. The number of ether oxygens (including phenoxy) is 1. The van der Waals surface area contributed by atoms with Crippen molar-refractivity contribution in [1.29, 1.82) is 0 Å². The van der Waals surface area contributed by atoms with Gasteiger partial charge in [0.15, 0.2) is 0 Å². The van der Waals surface area contributed by atoms with Gasteiger partial charge in [-0.25, -0.2) is 0 Å². The summed E-state index contributed by atoms with van der Waals surface area (Å²) >= 11 is 0. The number of nitrogens with zero attached hydrogens (tertiary/aromatic N) is 1. The topological polar surface area (TPSA) is 73.2 Å². The highest BCUT2D eigenvalue weighted by molar-refractivity contribution is 5.88. The van der Waals surface area contributed by atoms with Gasteiger partial charge in [0.2, 0.25) is 0 Å². The van der Waals surface area contributed by atoms with E-state index in [1.54, 1.807) is 0 Å². The Morgan fingerprint density at radius 1 is 1.17 bits per heavy atom. The third-order valence-electron chi connectivity index (χ3n) is 4.92. The molecule has 1 fully saturated rings. The molecule has 0 radical (unpaired) electrons. The number of benzene rings is 2. The molecule has 1 aliphatic heterocycles. The smallest absolute Gasteiger partial charge is 0.127 e. The van der Waals surface area contributed by atoms with E-state index in [1.807, 2.05) is 61.2 Å². The monoisotopic (exact) mass is 331 g/mol. The molecular formula is C19H25NO4. The third kappa shape index (κ3) is 3.26. The van der Waals surface area contributed by atoms with Gasteiger partial charge < -0.3 is 20.1 Å². The minimum absolute atomic E-state index is 0.160. The number of hydrogen-bond acceptors (Lipinski definition) is 5. The van der Waals surface area contributed by atoms with Crippen molar-refractivity contribution in [1.82, 2.24) is 4.90 Å². The predicted octanol–water partition coefficient (Wildman–Crippen LogP) is 1.40. The van der Waals surface area contributed by atoms with E-state index in [9.17, 15) is 15.3 Å². The van der Waals surface area contributed by atoms with E-state index in [-0.39, 0.29) is 6.61 Å². The summed E-state index contributed by atoms with van der Waals surface area (Å²) < 4.78 is 5.81. The van der Waals surface area contributed by atoms with E-state index in [0.717, 1.165) is 16.5 Å². The SMILES string of the molecule is CC1(C)[C@@H](O)[C@@H](O)CN1CC(O)COc1cccc2ccccc12. The molecule has 5 heteroatoms. The summed E-state index contributed by atoms with van der Waals surface area (Å²) in [5, 5.41) is 32.3. The fourth-order valence-corrected chi connectivity index (χ4v) is 3.34. The molecule has 0 saturated carbocycles. The van der Waals surface area contributed by atoms with Crippen molar-refractivity contribution in [3.63, 3.8) is 0 Å². The van der Waals surface area contributed by atoms with Crippen LogP contribution in [0, 0.1) is 0 Å². The Hall–Kier alpha value is -1.66. The van der Waals surface area contributed by atoms with Crippen molar-refractivity contribution in [2.24, 2.45) is 0 Å². The Morgan fingerprint density at radius 2 is 1.88 bits per heavy atom. The summed E-state index contributed by atoms with van der Waals surface area (Å²) in [6, 6.07) is 13.8. The van der Waals surface area contributed by atoms with E-state index in [1.165, 1.54) is 0 Å². The van der Waals surface area contributed by atoms with Crippen LogP contribution in [0.3, 0.4) is 0 Å². The molecule has 1 heterocycles. The molecule has 0 bridgehead atoms. The highest BCUT2D eigenvalue weighted by atomic mass is 16.5. The van der Waals surface area contributed by atoms with E-state index >= 15 is 0 Å². The third-order valence-corrected chi connectivity index (χ3v) is 4.92. The summed E-state index contributed by atoms with van der Waals surface area (Å²) in [5.74, 6) is 0.743. The molecule has 2 aromatic rings. The van der Waals surface area contributed by atoms with E-state index in [4.69, 9.17) is 4.74 Å². The molecule has 3 N–H and O–H groups in total. The van der Waals surface area contributed by atoms with Gasteiger partial charge >= 0.3 is 0 Å². The van der Waals surface area contributed by atoms with Crippen LogP contribution in [-0.4, -0.2) is 63.8 Å². The first-order valence-electron chi connectivity index (χ1n) is 8.29. The van der Waals surface area contributed by atoms with Crippen LogP contribution in [0.5, 0.6) is 5.75 Å². The number of aliphatic hydroxyl groups excluding tert-OH is 3. The van der Waals surface area contributed by atoms with E-state index in [2.05, 4.69) is 0 Å². The number of hydrogen-bond donors (Lipinski definition) is 3. The zero-order chi connectivity index (χ0) is 17.3. The summed E-state index contributed by atoms with van der Waals surface area (Å²) in [4.78, 5) is 1.90. The predicted molar refractivity (Wildman–Crippen MR) is 93.1 cm³/mol. The Morgan fingerprint density at radius 3 is 2.58 bits per heavy atom. The molecule has 3 atom stereocenters. The number of aliphatic hydroxyl groups is 3. The molecule has 1 aliphatic rings. The highest BCUT2D eigenvalue weighted by Gasteiger charge is 2.46. The van der Waals surface area contributed by atoms with Gasteiger partial charge in [0.25, 0.3) is 0 Å². The number of likely N-dealkylation sites (tertiary alicyclic amines) is 1. The van der Waals surface area contributed by atoms with Gasteiger partial charge in [-0.2, -0.15) is 0 Å². The first-order chi connectivity index (χ1) is 11.4. The van der Waals surface area contributed by atoms with Crippen LogP contribution >= 0.6 is 0 Å². The van der Waals surface area contributed by atoms with Crippen molar-refractivity contribution in [2.75, 3.05) is 19.7 Å². The first kappa shape index (κ1) is 17.2. The maximum absolute atomic E-state index is 10.3. The molecule has 0 amide bonds. The number of β-amino-alcohol motifs (C(OH)–C–C–N with tert-alkyl or cyclic N) is 2. The first-order valence-corrected chi connectivity index (χ1v) is 8.29. The minimum atomic E-state index is -0.816. The largest absolute Gasteiger partial charge is 0.490 e. The standard InChI is InChI=1S/C19H25NO4/c1-19(2)18(23)16(22)11-20(19)10-14(21)12-24-17-9-5-7-13-6-3-4-8-15(13)17/h3-9,14,16,18,21-23H,10-12H2,1-2H3/t14?,16-,18-/m0/s1. The van der Waals surface area contributed by atoms with Gasteiger partial charge in [-0.3, -0.25) is 4.90 Å². The molecule has 1 saturated heterocycles. The lowest BCUT2D eigenvalue weighted by atomic mass is 9.97. The van der Waals surface area contributed by atoms with Gasteiger partial charge in [0, 0.05) is 24.0 Å². The second-order valence-corrected chi connectivity index (χ2v) is 7.01. The van der Waals surface area contributed by atoms with Gasteiger partial charge in [0.1, 0.15) is 18.5 Å². The summed E-state index contributed by atoms with van der Waals surface area (Å²) in [6.07, 6.45) is -2.31. The van der Waals surface area contributed by atoms with Crippen LogP contribution in [0.1, 0.15) is 13.8 Å². The van der Waals surface area contributed by atoms with Crippen molar-refractivity contribution in [3.8, 4) is 5.75 Å². The van der Waals surface area contributed by atoms with Crippen LogP contribution in [0.15, 0.2) is 42.5 Å². The maximum atomic E-state index is 10.3. The summed E-state index contributed by atoms with van der Waals surface area (Å²) in [7, 11) is 0. The van der Waals surface area contributed by atoms with Crippen molar-refractivity contribution in [2.45, 2.75) is 37.7 Å². The fourth-order valence-electron chi connectivity index (χ4n) is 3.34. The average molecular weight is 331 g/mol. The quantitative estimate of drug-likeness (QED) is 0.772. The molecule has 3 rings (SSSR count). The lowest BCUT2D eigenvalue weighted by Crippen LogP contribution is -2.49. The molecule has 5 nitrogen and oxygen atoms in total. The number of rotatable bonds is 5. The van der Waals surface area contributed by atoms with Gasteiger partial charge in [0.05, 0.1) is 12.2 Å². The zero-order valence-electron chi connectivity index (χ0n) is 14.1. The average Bonchev–Trinajstić information content (AvgIpc) is 2.76. The van der Waals surface area contributed by atoms with Crippen LogP contribution in [0.25, 0.3) is 10.8 Å². The van der Waals surface area contributed by atoms with Crippen LogP contribution in [-0.2, 0) is 0 Å². The molecule has 2 aromatic carbocycles.